The van der Waals surface area contributed by atoms with Crippen LogP contribution in [0.1, 0.15) is 31.9 Å². The molecular formula is C24H28N4O2. The highest BCUT2D eigenvalue weighted by Gasteiger charge is 2.42. The Labute approximate surface area is 177 Å². The highest BCUT2D eigenvalue weighted by molar-refractivity contribution is 5.96. The van der Waals surface area contributed by atoms with Gasteiger partial charge in [0.05, 0.1) is 14.2 Å². The van der Waals surface area contributed by atoms with Gasteiger partial charge >= 0.3 is 0 Å². The molecule has 2 aromatic carbocycles. The molecular weight excluding hydrogens is 376 g/mol. The lowest BCUT2D eigenvalue weighted by Crippen LogP contribution is -2.50. The number of aliphatic imine (C=N–C) groups is 1. The summed E-state index contributed by atoms with van der Waals surface area (Å²) in [7, 11) is 3.29. The lowest BCUT2D eigenvalue weighted by molar-refractivity contribution is 0.300. The maximum Gasteiger partial charge on any atom is 0.161 e. The summed E-state index contributed by atoms with van der Waals surface area (Å²) in [6, 6.07) is 14.5. The minimum Gasteiger partial charge on any atom is -0.493 e. The Kier molecular flexibility index (Phi) is 5.26. The van der Waals surface area contributed by atoms with E-state index in [0.29, 0.717) is 11.5 Å². The zero-order valence-electron chi connectivity index (χ0n) is 18.1. The average Bonchev–Trinajstić information content (AvgIpc) is 3.04. The monoisotopic (exact) mass is 404 g/mol. The van der Waals surface area contributed by atoms with E-state index in [2.05, 4.69) is 48.9 Å². The second kappa shape index (κ2) is 7.88. The van der Waals surface area contributed by atoms with Gasteiger partial charge in [-0.05, 0) is 61.7 Å². The number of anilines is 1. The number of hydrazine groups is 1. The van der Waals surface area contributed by atoms with Crippen molar-refractivity contribution in [1.29, 1.82) is 0 Å². The molecule has 0 amide bonds. The number of ether oxygens (including phenoxy) is 2. The molecule has 6 nitrogen and oxygen atoms in total. The van der Waals surface area contributed by atoms with Gasteiger partial charge in [-0.2, -0.15) is 5.43 Å². The summed E-state index contributed by atoms with van der Waals surface area (Å²) in [5.74, 6) is 2.24. The van der Waals surface area contributed by atoms with E-state index in [1.807, 2.05) is 42.4 Å². The van der Waals surface area contributed by atoms with Crippen LogP contribution in [0, 0.1) is 0 Å². The van der Waals surface area contributed by atoms with E-state index in [1.54, 1.807) is 14.2 Å². The van der Waals surface area contributed by atoms with Gasteiger partial charge in [-0.25, -0.2) is 4.99 Å². The van der Waals surface area contributed by atoms with Crippen LogP contribution in [0.3, 0.4) is 0 Å². The number of rotatable bonds is 6. The number of methoxy groups -OCH3 is 2. The number of hydrogen-bond donors (Lipinski definition) is 2. The summed E-state index contributed by atoms with van der Waals surface area (Å²) in [6.45, 7) is 6.28. The standard InChI is InChI=1S/C24H28N4O2/c1-6-17-7-10-19(11-8-17)26-24(3)22(23-25-16(2)13-14-28(23)27-24)18-9-12-20(29-4)21(15-18)30-5/h7-15,26-27H,6H2,1-5H3. The molecule has 0 aromatic heterocycles. The van der Waals surface area contributed by atoms with Crippen LogP contribution in [0.4, 0.5) is 5.69 Å². The molecule has 0 saturated heterocycles. The Bertz CT molecular complexity index is 1040. The van der Waals surface area contributed by atoms with Crippen LogP contribution in [-0.4, -0.2) is 30.6 Å². The second-order valence-electron chi connectivity index (χ2n) is 7.62. The van der Waals surface area contributed by atoms with Crippen molar-refractivity contribution in [3.63, 3.8) is 0 Å². The lowest BCUT2D eigenvalue weighted by atomic mass is 9.94. The van der Waals surface area contributed by atoms with Crippen molar-refractivity contribution < 1.29 is 9.47 Å². The fraction of sp³-hybridized carbons (Fsp3) is 0.292. The molecule has 2 aliphatic rings. The highest BCUT2D eigenvalue weighted by Crippen LogP contribution is 2.42. The largest absolute Gasteiger partial charge is 0.493 e. The Hall–Kier alpha value is -3.25. The third kappa shape index (κ3) is 3.55. The Morgan fingerprint density at radius 1 is 1.07 bits per heavy atom. The van der Waals surface area contributed by atoms with E-state index in [9.17, 15) is 0 Å². The number of benzene rings is 2. The summed E-state index contributed by atoms with van der Waals surface area (Å²) < 4.78 is 11.0. The first-order valence-electron chi connectivity index (χ1n) is 10.1. The molecule has 0 saturated carbocycles. The molecule has 2 aliphatic heterocycles. The Morgan fingerprint density at radius 3 is 2.47 bits per heavy atom. The Balaban J connectivity index is 1.81. The number of fused-ring (bicyclic) bond motifs is 1. The minimum absolute atomic E-state index is 0.582. The third-order valence-electron chi connectivity index (χ3n) is 5.47. The quantitative estimate of drug-likeness (QED) is 0.739. The SMILES string of the molecule is CCc1ccc(NC2(C)NN3C=CC(C)=NC3=C2c2ccc(OC)c(OC)c2)cc1. The van der Waals surface area contributed by atoms with Gasteiger partial charge in [0.2, 0.25) is 0 Å². The maximum atomic E-state index is 5.55. The highest BCUT2D eigenvalue weighted by atomic mass is 16.5. The Morgan fingerprint density at radius 2 is 1.80 bits per heavy atom. The molecule has 2 N–H and O–H groups in total. The van der Waals surface area contributed by atoms with Crippen molar-refractivity contribution in [2.75, 3.05) is 19.5 Å². The van der Waals surface area contributed by atoms with Gasteiger partial charge in [-0.1, -0.05) is 25.1 Å². The number of allylic oxidation sites excluding steroid dienone is 1. The first-order valence-corrected chi connectivity index (χ1v) is 10.1. The van der Waals surface area contributed by atoms with Crippen LogP contribution in [0.2, 0.25) is 0 Å². The molecule has 6 heteroatoms. The molecule has 30 heavy (non-hydrogen) atoms. The molecule has 4 rings (SSSR count). The predicted octanol–water partition coefficient (Wildman–Crippen LogP) is 4.57. The number of nitrogens with one attached hydrogen (secondary N) is 2. The molecule has 0 bridgehead atoms. The molecule has 0 aliphatic carbocycles. The average molecular weight is 405 g/mol. The fourth-order valence-corrected chi connectivity index (χ4v) is 3.91. The zero-order valence-corrected chi connectivity index (χ0v) is 18.1. The lowest BCUT2D eigenvalue weighted by Gasteiger charge is -2.31. The van der Waals surface area contributed by atoms with E-state index in [0.717, 1.165) is 34.8 Å². The van der Waals surface area contributed by atoms with Crippen LogP contribution < -0.4 is 20.2 Å². The van der Waals surface area contributed by atoms with Gasteiger partial charge in [-0.3, -0.25) is 5.01 Å². The maximum absolute atomic E-state index is 5.55. The van der Waals surface area contributed by atoms with Crippen molar-refractivity contribution >= 4 is 17.0 Å². The van der Waals surface area contributed by atoms with E-state index >= 15 is 0 Å². The van der Waals surface area contributed by atoms with Crippen LogP contribution >= 0.6 is 0 Å². The zero-order chi connectivity index (χ0) is 21.3. The first kappa shape index (κ1) is 20.0. The molecule has 1 unspecified atom stereocenters. The molecule has 0 radical (unpaired) electrons. The van der Waals surface area contributed by atoms with E-state index < -0.39 is 5.66 Å². The molecule has 2 heterocycles. The molecule has 1 atom stereocenters. The third-order valence-corrected chi connectivity index (χ3v) is 5.47. The van der Waals surface area contributed by atoms with Gasteiger partial charge in [0.1, 0.15) is 5.66 Å². The summed E-state index contributed by atoms with van der Waals surface area (Å²) in [6.07, 6.45) is 5.01. The molecule has 0 fully saturated rings. The van der Waals surface area contributed by atoms with Gasteiger partial charge < -0.3 is 14.8 Å². The van der Waals surface area contributed by atoms with Crippen LogP contribution in [0.15, 0.2) is 65.6 Å². The topological polar surface area (TPSA) is 58.1 Å². The van der Waals surface area contributed by atoms with E-state index in [1.165, 1.54) is 5.56 Å². The van der Waals surface area contributed by atoms with Gasteiger partial charge in [0, 0.05) is 23.2 Å². The smallest absolute Gasteiger partial charge is 0.161 e. The van der Waals surface area contributed by atoms with Crippen molar-refractivity contribution in [2.45, 2.75) is 32.9 Å². The van der Waals surface area contributed by atoms with Crippen LogP contribution in [0.5, 0.6) is 11.5 Å². The molecule has 2 aromatic rings. The second-order valence-corrected chi connectivity index (χ2v) is 7.62. The summed E-state index contributed by atoms with van der Waals surface area (Å²) in [4.78, 5) is 4.83. The number of hydrogen-bond acceptors (Lipinski definition) is 6. The van der Waals surface area contributed by atoms with Crippen LogP contribution in [0.25, 0.3) is 5.57 Å². The van der Waals surface area contributed by atoms with Crippen molar-refractivity contribution in [1.82, 2.24) is 10.4 Å². The summed E-state index contributed by atoms with van der Waals surface area (Å²) >= 11 is 0. The van der Waals surface area contributed by atoms with Crippen LogP contribution in [-0.2, 0) is 6.42 Å². The first-order chi connectivity index (χ1) is 14.5. The van der Waals surface area contributed by atoms with Crippen molar-refractivity contribution in [3.05, 3.63) is 71.7 Å². The van der Waals surface area contributed by atoms with Gasteiger partial charge in [0.15, 0.2) is 17.3 Å². The fourth-order valence-electron chi connectivity index (χ4n) is 3.91. The van der Waals surface area contributed by atoms with Gasteiger partial charge in [-0.15, -0.1) is 0 Å². The molecule has 0 spiro atoms. The van der Waals surface area contributed by atoms with Crippen molar-refractivity contribution in [3.8, 4) is 11.5 Å². The summed E-state index contributed by atoms with van der Waals surface area (Å²) in [5.41, 5.74) is 8.32. The number of nitrogens with zero attached hydrogens (tertiary/aromatic N) is 2. The summed E-state index contributed by atoms with van der Waals surface area (Å²) in [5, 5.41) is 5.63. The predicted molar refractivity (Wildman–Crippen MR) is 122 cm³/mol. The van der Waals surface area contributed by atoms with Crippen molar-refractivity contribution in [2.24, 2.45) is 4.99 Å². The van der Waals surface area contributed by atoms with Gasteiger partial charge in [0.25, 0.3) is 0 Å². The number of aryl methyl sites for hydroxylation is 1. The minimum atomic E-state index is -0.582. The normalized spacial score (nSPS) is 20.2. The van der Waals surface area contributed by atoms with E-state index in [4.69, 9.17) is 14.5 Å². The van der Waals surface area contributed by atoms with E-state index in [-0.39, 0.29) is 0 Å². The molecule has 156 valence electrons.